The van der Waals surface area contributed by atoms with Gasteiger partial charge in [-0.05, 0) is 24.6 Å². The van der Waals surface area contributed by atoms with Gasteiger partial charge in [-0.1, -0.05) is 6.07 Å². The molecule has 0 radical (unpaired) electrons. The van der Waals surface area contributed by atoms with Crippen molar-refractivity contribution >= 4 is 5.91 Å². The van der Waals surface area contributed by atoms with Gasteiger partial charge >= 0.3 is 0 Å². The fourth-order valence-corrected chi connectivity index (χ4v) is 2.25. The first-order chi connectivity index (χ1) is 9.67. The van der Waals surface area contributed by atoms with Crippen LogP contribution in [0.3, 0.4) is 0 Å². The highest BCUT2D eigenvalue weighted by Gasteiger charge is 2.31. The molecule has 1 unspecified atom stereocenters. The number of methoxy groups -OCH3 is 1. The van der Waals surface area contributed by atoms with Crippen molar-refractivity contribution in [1.29, 1.82) is 0 Å². The molecule has 0 bridgehead atoms. The monoisotopic (exact) mass is 282 g/mol. The minimum atomic E-state index is -0.434. The van der Waals surface area contributed by atoms with E-state index in [-0.39, 0.29) is 24.4 Å². The highest BCUT2D eigenvalue weighted by Crippen LogP contribution is 2.26. The first-order valence-corrected chi connectivity index (χ1v) is 6.61. The lowest BCUT2D eigenvalue weighted by Crippen LogP contribution is -2.33. The van der Waals surface area contributed by atoms with Crippen LogP contribution in [0.4, 0.5) is 4.39 Å². The number of carbonyl (C=O) groups is 1. The molecule has 0 aromatic heterocycles. The zero-order valence-corrected chi connectivity index (χ0v) is 11.7. The van der Waals surface area contributed by atoms with Gasteiger partial charge in [-0.3, -0.25) is 10.1 Å². The van der Waals surface area contributed by atoms with E-state index < -0.39 is 5.82 Å². The van der Waals surface area contributed by atoms with Crippen molar-refractivity contribution in [2.45, 2.75) is 13.1 Å². The zero-order chi connectivity index (χ0) is 14.5. The molecule has 1 saturated heterocycles. The van der Waals surface area contributed by atoms with Gasteiger partial charge in [0.25, 0.3) is 0 Å². The van der Waals surface area contributed by atoms with Gasteiger partial charge in [0.05, 0.1) is 20.3 Å². The molecule has 1 atom stereocenters. The summed E-state index contributed by atoms with van der Waals surface area (Å²) >= 11 is 0. The fourth-order valence-electron chi connectivity index (χ4n) is 2.25. The van der Waals surface area contributed by atoms with Crippen LogP contribution >= 0.6 is 0 Å². The molecule has 1 N–H and O–H groups in total. The standard InChI is InChI=1S/C14H19FN2O3/c1-3-20-7-6-17-13(18)9-16-14(17)10-4-5-12(19-2)11(15)8-10/h4-5,8,14,16H,3,6-7,9H2,1-2H3. The van der Waals surface area contributed by atoms with Gasteiger partial charge in [0.1, 0.15) is 6.17 Å². The van der Waals surface area contributed by atoms with Crippen LogP contribution < -0.4 is 10.1 Å². The van der Waals surface area contributed by atoms with Gasteiger partial charge in [-0.2, -0.15) is 0 Å². The molecule has 1 amide bonds. The molecular weight excluding hydrogens is 263 g/mol. The van der Waals surface area contributed by atoms with E-state index in [1.54, 1.807) is 17.0 Å². The number of hydrogen-bond acceptors (Lipinski definition) is 4. The second kappa shape index (κ2) is 6.67. The fraction of sp³-hybridized carbons (Fsp3) is 0.500. The smallest absolute Gasteiger partial charge is 0.238 e. The van der Waals surface area contributed by atoms with Crippen LogP contribution in [0.1, 0.15) is 18.7 Å². The summed E-state index contributed by atoms with van der Waals surface area (Å²) < 4.78 is 23.9. The van der Waals surface area contributed by atoms with Crippen molar-refractivity contribution in [3.05, 3.63) is 29.6 Å². The van der Waals surface area contributed by atoms with Gasteiger partial charge in [-0.15, -0.1) is 0 Å². The van der Waals surface area contributed by atoms with Crippen molar-refractivity contribution in [1.82, 2.24) is 10.2 Å². The summed E-state index contributed by atoms with van der Waals surface area (Å²) in [7, 11) is 1.42. The molecule has 1 heterocycles. The van der Waals surface area contributed by atoms with Crippen LogP contribution in [-0.2, 0) is 9.53 Å². The summed E-state index contributed by atoms with van der Waals surface area (Å²) in [6.07, 6.45) is -0.316. The third-order valence-electron chi connectivity index (χ3n) is 3.25. The van der Waals surface area contributed by atoms with Crippen molar-refractivity contribution in [3.8, 4) is 5.75 Å². The lowest BCUT2D eigenvalue weighted by Gasteiger charge is -2.24. The Labute approximate surface area is 117 Å². The number of halogens is 1. The Morgan fingerprint density at radius 1 is 1.50 bits per heavy atom. The maximum absolute atomic E-state index is 13.8. The van der Waals surface area contributed by atoms with Gasteiger partial charge < -0.3 is 14.4 Å². The maximum atomic E-state index is 13.8. The summed E-state index contributed by atoms with van der Waals surface area (Å²) in [4.78, 5) is 13.5. The predicted molar refractivity (Wildman–Crippen MR) is 71.9 cm³/mol. The molecule has 1 aromatic carbocycles. The summed E-state index contributed by atoms with van der Waals surface area (Å²) in [6.45, 7) is 3.72. The summed E-state index contributed by atoms with van der Waals surface area (Å²) in [5.74, 6) is -0.249. The first-order valence-electron chi connectivity index (χ1n) is 6.61. The van der Waals surface area contributed by atoms with Crippen molar-refractivity contribution in [2.24, 2.45) is 0 Å². The van der Waals surface area contributed by atoms with Crippen LogP contribution in [0.5, 0.6) is 5.75 Å². The zero-order valence-electron chi connectivity index (χ0n) is 11.7. The van der Waals surface area contributed by atoms with Crippen LogP contribution in [0.15, 0.2) is 18.2 Å². The van der Waals surface area contributed by atoms with Gasteiger partial charge in [-0.25, -0.2) is 4.39 Å². The van der Waals surface area contributed by atoms with E-state index in [1.807, 2.05) is 6.92 Å². The van der Waals surface area contributed by atoms with E-state index >= 15 is 0 Å². The average Bonchev–Trinajstić information content (AvgIpc) is 2.80. The minimum Gasteiger partial charge on any atom is -0.494 e. The molecule has 6 heteroatoms. The molecule has 2 rings (SSSR count). The molecule has 1 aliphatic heterocycles. The third-order valence-corrected chi connectivity index (χ3v) is 3.25. The van der Waals surface area contributed by atoms with E-state index in [0.717, 1.165) is 0 Å². The van der Waals surface area contributed by atoms with Crippen LogP contribution in [0.25, 0.3) is 0 Å². The largest absolute Gasteiger partial charge is 0.494 e. The van der Waals surface area contributed by atoms with E-state index in [1.165, 1.54) is 13.2 Å². The molecule has 1 aromatic rings. The highest BCUT2D eigenvalue weighted by molar-refractivity contribution is 5.80. The summed E-state index contributed by atoms with van der Waals surface area (Å²) in [6, 6.07) is 4.71. The van der Waals surface area contributed by atoms with E-state index in [2.05, 4.69) is 5.32 Å². The molecule has 0 spiro atoms. The number of hydrogen-bond donors (Lipinski definition) is 1. The number of ether oxygens (including phenoxy) is 2. The normalized spacial score (nSPS) is 18.6. The van der Waals surface area contributed by atoms with E-state index in [9.17, 15) is 9.18 Å². The number of rotatable bonds is 6. The van der Waals surface area contributed by atoms with Crippen molar-refractivity contribution in [2.75, 3.05) is 33.4 Å². The van der Waals surface area contributed by atoms with Crippen LogP contribution in [-0.4, -0.2) is 44.2 Å². The number of amides is 1. The SMILES string of the molecule is CCOCCN1C(=O)CNC1c1ccc(OC)c(F)c1. The summed E-state index contributed by atoms with van der Waals surface area (Å²) in [5.41, 5.74) is 0.700. The Hall–Kier alpha value is -1.66. The number of nitrogens with one attached hydrogen (secondary N) is 1. The Morgan fingerprint density at radius 2 is 2.30 bits per heavy atom. The second-order valence-electron chi connectivity index (χ2n) is 4.46. The number of nitrogens with zero attached hydrogens (tertiary/aromatic N) is 1. The predicted octanol–water partition coefficient (Wildman–Crippen LogP) is 1.30. The van der Waals surface area contributed by atoms with Gasteiger partial charge in [0.15, 0.2) is 11.6 Å². The summed E-state index contributed by atoms with van der Waals surface area (Å²) in [5, 5.41) is 3.08. The first kappa shape index (κ1) is 14.7. The second-order valence-corrected chi connectivity index (χ2v) is 4.46. The Kier molecular flexibility index (Phi) is 4.92. The van der Waals surface area contributed by atoms with Crippen LogP contribution in [0, 0.1) is 5.82 Å². The molecule has 20 heavy (non-hydrogen) atoms. The number of benzene rings is 1. The quantitative estimate of drug-likeness (QED) is 0.799. The Balaban J connectivity index is 2.13. The topological polar surface area (TPSA) is 50.8 Å². The van der Waals surface area contributed by atoms with Crippen LogP contribution in [0.2, 0.25) is 0 Å². The molecule has 5 nitrogen and oxygen atoms in total. The highest BCUT2D eigenvalue weighted by atomic mass is 19.1. The Morgan fingerprint density at radius 3 is 2.95 bits per heavy atom. The van der Waals surface area contributed by atoms with E-state index in [0.29, 0.717) is 25.3 Å². The molecule has 110 valence electrons. The van der Waals surface area contributed by atoms with E-state index in [4.69, 9.17) is 9.47 Å². The third kappa shape index (κ3) is 3.08. The minimum absolute atomic E-state index is 0.00840. The molecular formula is C14H19FN2O3. The lowest BCUT2D eigenvalue weighted by molar-refractivity contribution is -0.128. The lowest BCUT2D eigenvalue weighted by atomic mass is 10.1. The van der Waals surface area contributed by atoms with Gasteiger partial charge in [0.2, 0.25) is 5.91 Å². The van der Waals surface area contributed by atoms with Crippen molar-refractivity contribution in [3.63, 3.8) is 0 Å². The maximum Gasteiger partial charge on any atom is 0.238 e. The molecule has 0 aliphatic carbocycles. The Bertz CT molecular complexity index is 481. The molecule has 1 fully saturated rings. The van der Waals surface area contributed by atoms with Crippen molar-refractivity contribution < 1.29 is 18.7 Å². The molecule has 0 saturated carbocycles. The molecule has 1 aliphatic rings. The average molecular weight is 282 g/mol. The number of carbonyl (C=O) groups excluding carboxylic acids is 1. The van der Waals surface area contributed by atoms with Gasteiger partial charge in [0, 0.05) is 13.2 Å².